The number of hydrogen-bond donors (Lipinski definition) is 0. The molecule has 1 aromatic heterocycles. The summed E-state index contributed by atoms with van der Waals surface area (Å²) in [6, 6.07) is 5.45. The van der Waals surface area contributed by atoms with E-state index in [4.69, 9.17) is 11.6 Å². The summed E-state index contributed by atoms with van der Waals surface area (Å²) in [4.78, 5) is 31.5. The number of rotatable bonds is 4. The second kappa shape index (κ2) is 5.76. The van der Waals surface area contributed by atoms with Crippen molar-refractivity contribution < 1.29 is 14.8 Å². The second-order valence-electron chi connectivity index (χ2n) is 4.73. The zero-order valence-corrected chi connectivity index (χ0v) is 12.7. The molecule has 0 aliphatic carbocycles. The minimum atomic E-state index is -0.808. The molecule has 0 saturated carbocycles. The highest BCUT2D eigenvalue weighted by Crippen LogP contribution is 2.30. The van der Waals surface area contributed by atoms with Crippen LogP contribution in [-0.4, -0.2) is 29.8 Å². The maximum Gasteiger partial charge on any atom is 0.305 e. The lowest BCUT2D eigenvalue weighted by atomic mass is 10.2. The van der Waals surface area contributed by atoms with Crippen LogP contribution < -0.4 is 0 Å². The number of nitro groups is 3. The van der Waals surface area contributed by atoms with Crippen LogP contribution in [0.5, 0.6) is 0 Å². The lowest BCUT2D eigenvalue weighted by Crippen LogP contribution is -1.99. The first-order valence-electron chi connectivity index (χ1n) is 6.42. The molecule has 0 aliphatic heterocycles. The molecule has 0 aliphatic rings. The molecular weight excluding hydrogens is 360 g/mol. The summed E-state index contributed by atoms with van der Waals surface area (Å²) in [5.41, 5.74) is -1.45. The molecular formula is C12H5ClN6O6. The number of aromatic nitrogens is 3. The number of halogens is 1. The van der Waals surface area contributed by atoms with Crippen molar-refractivity contribution >= 4 is 39.7 Å². The Labute approximate surface area is 141 Å². The fourth-order valence-electron chi connectivity index (χ4n) is 2.12. The van der Waals surface area contributed by atoms with E-state index >= 15 is 0 Å². The molecule has 126 valence electrons. The monoisotopic (exact) mass is 364 g/mol. The zero-order valence-electron chi connectivity index (χ0n) is 11.9. The Morgan fingerprint density at radius 3 is 2.12 bits per heavy atom. The highest BCUT2D eigenvalue weighted by atomic mass is 35.5. The van der Waals surface area contributed by atoms with Gasteiger partial charge in [0.15, 0.2) is 5.52 Å². The van der Waals surface area contributed by atoms with E-state index in [1.165, 1.54) is 12.1 Å². The van der Waals surface area contributed by atoms with Gasteiger partial charge in [0, 0.05) is 12.1 Å². The van der Waals surface area contributed by atoms with Gasteiger partial charge in [-0.3, -0.25) is 30.3 Å². The van der Waals surface area contributed by atoms with Crippen LogP contribution >= 0.6 is 11.6 Å². The second-order valence-corrected chi connectivity index (χ2v) is 5.14. The zero-order chi connectivity index (χ0) is 18.3. The molecule has 0 N–H and O–H groups in total. The van der Waals surface area contributed by atoms with Crippen LogP contribution in [0.25, 0.3) is 16.7 Å². The van der Waals surface area contributed by atoms with E-state index in [-0.39, 0.29) is 27.4 Å². The van der Waals surface area contributed by atoms with Crippen LogP contribution in [0.1, 0.15) is 0 Å². The summed E-state index contributed by atoms with van der Waals surface area (Å²) in [5, 5.41) is 40.5. The molecule has 25 heavy (non-hydrogen) atoms. The van der Waals surface area contributed by atoms with Gasteiger partial charge in [0.25, 0.3) is 11.4 Å². The normalized spacial score (nSPS) is 10.8. The summed E-state index contributed by atoms with van der Waals surface area (Å²) in [6.07, 6.45) is 0. The molecule has 3 aromatic rings. The Bertz CT molecular complexity index is 1060. The van der Waals surface area contributed by atoms with Gasteiger partial charge < -0.3 is 0 Å². The molecule has 0 fully saturated rings. The fourth-order valence-corrected chi connectivity index (χ4v) is 2.36. The molecule has 0 bridgehead atoms. The number of benzene rings is 2. The third kappa shape index (κ3) is 2.81. The van der Waals surface area contributed by atoms with E-state index in [2.05, 4.69) is 10.2 Å². The SMILES string of the molecule is O=[N+]([O-])c1cc([N+](=O)[O-])c2nn(-c3ccc([N+](=O)[O-])c(Cl)c3)nc2c1. The van der Waals surface area contributed by atoms with Gasteiger partial charge in [-0.1, -0.05) is 11.6 Å². The fraction of sp³-hybridized carbons (Fsp3) is 0. The van der Waals surface area contributed by atoms with E-state index in [0.29, 0.717) is 0 Å². The summed E-state index contributed by atoms with van der Waals surface area (Å²) in [6.45, 7) is 0. The largest absolute Gasteiger partial charge is 0.305 e. The number of nitro benzene ring substituents is 3. The van der Waals surface area contributed by atoms with Gasteiger partial charge in [0.05, 0.1) is 26.5 Å². The van der Waals surface area contributed by atoms with Gasteiger partial charge in [0.1, 0.15) is 10.5 Å². The standard InChI is InChI=1S/C12H5ClN6O6/c13-8-3-6(1-2-10(8)18(22)23)16-14-9-4-7(17(20)21)5-11(19(24)25)12(9)15-16/h1-5H. The topological polar surface area (TPSA) is 160 Å². The summed E-state index contributed by atoms with van der Waals surface area (Å²) >= 11 is 5.81. The van der Waals surface area contributed by atoms with Crippen molar-refractivity contribution in [3.05, 3.63) is 65.7 Å². The molecule has 0 saturated heterocycles. The number of hydrogen-bond acceptors (Lipinski definition) is 8. The van der Waals surface area contributed by atoms with E-state index in [0.717, 1.165) is 23.0 Å². The van der Waals surface area contributed by atoms with E-state index < -0.39 is 26.1 Å². The van der Waals surface area contributed by atoms with Crippen LogP contribution in [0.2, 0.25) is 5.02 Å². The van der Waals surface area contributed by atoms with Gasteiger partial charge in [-0.25, -0.2) is 0 Å². The molecule has 0 atom stereocenters. The molecule has 0 spiro atoms. The van der Waals surface area contributed by atoms with Crippen molar-refractivity contribution in [2.75, 3.05) is 0 Å². The van der Waals surface area contributed by atoms with Crippen LogP contribution in [0.3, 0.4) is 0 Å². The van der Waals surface area contributed by atoms with E-state index in [1.807, 2.05) is 0 Å². The van der Waals surface area contributed by atoms with Crippen molar-refractivity contribution in [3.63, 3.8) is 0 Å². The number of fused-ring (bicyclic) bond motifs is 1. The Morgan fingerprint density at radius 1 is 0.880 bits per heavy atom. The predicted octanol–water partition coefficient (Wildman–Crippen LogP) is 2.80. The maximum atomic E-state index is 11.1. The van der Waals surface area contributed by atoms with Crippen LogP contribution in [0, 0.1) is 30.3 Å². The first kappa shape index (κ1) is 16.2. The highest BCUT2D eigenvalue weighted by Gasteiger charge is 2.24. The smallest absolute Gasteiger partial charge is 0.258 e. The van der Waals surface area contributed by atoms with Crippen molar-refractivity contribution in [2.45, 2.75) is 0 Å². The first-order valence-corrected chi connectivity index (χ1v) is 6.80. The molecule has 0 amide bonds. The highest BCUT2D eigenvalue weighted by molar-refractivity contribution is 6.32. The van der Waals surface area contributed by atoms with Gasteiger partial charge in [0.2, 0.25) is 0 Å². The minimum Gasteiger partial charge on any atom is -0.258 e. The Hall–Kier alpha value is -3.67. The van der Waals surface area contributed by atoms with Crippen molar-refractivity contribution in [3.8, 4) is 5.69 Å². The molecule has 2 aromatic carbocycles. The molecule has 12 nitrogen and oxygen atoms in total. The predicted molar refractivity (Wildman–Crippen MR) is 83.8 cm³/mol. The Kier molecular flexibility index (Phi) is 3.73. The number of non-ortho nitro benzene ring substituents is 2. The molecule has 0 unspecified atom stereocenters. The lowest BCUT2D eigenvalue weighted by Gasteiger charge is -2.00. The van der Waals surface area contributed by atoms with Crippen molar-refractivity contribution in [2.24, 2.45) is 0 Å². The van der Waals surface area contributed by atoms with Crippen molar-refractivity contribution in [1.29, 1.82) is 0 Å². The Morgan fingerprint density at radius 2 is 1.56 bits per heavy atom. The van der Waals surface area contributed by atoms with E-state index in [9.17, 15) is 30.3 Å². The van der Waals surface area contributed by atoms with Crippen LogP contribution in [0.4, 0.5) is 17.1 Å². The van der Waals surface area contributed by atoms with Gasteiger partial charge >= 0.3 is 5.69 Å². The quantitative estimate of drug-likeness (QED) is 0.504. The van der Waals surface area contributed by atoms with Crippen LogP contribution in [-0.2, 0) is 0 Å². The minimum absolute atomic E-state index is 0.0737. The molecule has 0 radical (unpaired) electrons. The number of nitrogens with zero attached hydrogens (tertiary/aromatic N) is 6. The molecule has 13 heteroatoms. The van der Waals surface area contributed by atoms with Crippen LogP contribution in [0.15, 0.2) is 30.3 Å². The maximum absolute atomic E-state index is 11.1. The van der Waals surface area contributed by atoms with E-state index in [1.54, 1.807) is 0 Å². The average molecular weight is 365 g/mol. The van der Waals surface area contributed by atoms with Gasteiger partial charge in [-0.15, -0.1) is 10.2 Å². The third-order valence-corrected chi connectivity index (χ3v) is 3.52. The summed E-state index contributed by atoms with van der Waals surface area (Å²) in [5.74, 6) is 0. The summed E-state index contributed by atoms with van der Waals surface area (Å²) in [7, 11) is 0. The third-order valence-electron chi connectivity index (χ3n) is 3.22. The Balaban J connectivity index is 2.20. The van der Waals surface area contributed by atoms with Gasteiger partial charge in [-0.2, -0.15) is 4.80 Å². The lowest BCUT2D eigenvalue weighted by molar-refractivity contribution is -0.393. The average Bonchev–Trinajstić information content (AvgIpc) is 2.97. The van der Waals surface area contributed by atoms with Gasteiger partial charge in [-0.05, 0) is 12.1 Å². The first-order chi connectivity index (χ1) is 11.8. The van der Waals surface area contributed by atoms with Crippen molar-refractivity contribution in [1.82, 2.24) is 15.0 Å². The summed E-state index contributed by atoms with van der Waals surface area (Å²) < 4.78 is 0. The molecule has 3 rings (SSSR count). The molecule has 1 heterocycles.